The van der Waals surface area contributed by atoms with Gasteiger partial charge in [0.1, 0.15) is 0 Å². The highest BCUT2D eigenvalue weighted by molar-refractivity contribution is 5.21. The van der Waals surface area contributed by atoms with Gasteiger partial charge < -0.3 is 0 Å². The molecule has 0 heterocycles. The van der Waals surface area contributed by atoms with Crippen LogP contribution in [0.5, 0.6) is 0 Å². The zero-order valence-corrected chi connectivity index (χ0v) is 15.0. The second-order valence-electron chi connectivity index (χ2n) is 11.6. The van der Waals surface area contributed by atoms with E-state index in [0.29, 0.717) is 0 Å². The summed E-state index contributed by atoms with van der Waals surface area (Å²) < 4.78 is 0. The van der Waals surface area contributed by atoms with Crippen molar-refractivity contribution in [1.29, 1.82) is 0 Å². The van der Waals surface area contributed by atoms with Gasteiger partial charge in [-0.05, 0) is 128 Å². The molecule has 126 valence electrons. The standard InChI is InChI=1S/C23H34/c1-10(2)13-6-14-15(7-13)17-8-16(14)22-18-9-19(23(17)22)21-12-4-3-11(5-12)20(18)21/h10-23H,3-9H2,1-2H3. The van der Waals surface area contributed by atoms with Gasteiger partial charge >= 0.3 is 0 Å². The van der Waals surface area contributed by atoms with Crippen LogP contribution in [-0.4, -0.2) is 0 Å². The van der Waals surface area contributed by atoms with Crippen LogP contribution in [0.4, 0.5) is 0 Å². The molecule has 7 fully saturated rings. The molecule has 0 amide bonds. The van der Waals surface area contributed by atoms with E-state index in [1.54, 1.807) is 44.9 Å². The van der Waals surface area contributed by atoms with Gasteiger partial charge in [-0.15, -0.1) is 0 Å². The van der Waals surface area contributed by atoms with Crippen LogP contribution in [0.15, 0.2) is 0 Å². The summed E-state index contributed by atoms with van der Waals surface area (Å²) in [6.45, 7) is 5.00. The molecule has 12 atom stereocenters. The summed E-state index contributed by atoms with van der Waals surface area (Å²) in [6.07, 6.45) is 11.6. The highest BCUT2D eigenvalue weighted by Gasteiger charge is 2.73. The molecule has 0 spiro atoms. The average molecular weight is 311 g/mol. The predicted molar refractivity (Wildman–Crippen MR) is 92.5 cm³/mol. The van der Waals surface area contributed by atoms with Gasteiger partial charge in [0.05, 0.1) is 0 Å². The summed E-state index contributed by atoms with van der Waals surface area (Å²) in [4.78, 5) is 0. The Kier molecular flexibility index (Phi) is 2.33. The summed E-state index contributed by atoms with van der Waals surface area (Å²) in [5.74, 6) is 16.6. The molecule has 7 aliphatic rings. The van der Waals surface area contributed by atoms with Crippen molar-refractivity contribution in [2.45, 2.75) is 58.8 Å². The Morgan fingerprint density at radius 3 is 1.57 bits per heavy atom. The largest absolute Gasteiger partial charge is 0.0625 e. The average Bonchev–Trinajstić information content (AvgIpc) is 3.34. The molecule has 0 aliphatic heterocycles. The summed E-state index contributed by atoms with van der Waals surface area (Å²) in [7, 11) is 0. The van der Waals surface area contributed by atoms with Crippen molar-refractivity contribution in [2.24, 2.45) is 82.9 Å². The fourth-order valence-corrected chi connectivity index (χ4v) is 11.1. The van der Waals surface area contributed by atoms with Crippen molar-refractivity contribution in [1.82, 2.24) is 0 Å². The van der Waals surface area contributed by atoms with Gasteiger partial charge in [-0.25, -0.2) is 0 Å². The smallest absolute Gasteiger partial charge is 0.0318 e. The van der Waals surface area contributed by atoms with E-state index in [9.17, 15) is 0 Å². The molecule has 0 aromatic heterocycles. The second kappa shape index (κ2) is 4.04. The minimum atomic E-state index is 0.951. The molecule has 7 rings (SSSR count). The molecular weight excluding hydrogens is 276 g/mol. The lowest BCUT2D eigenvalue weighted by molar-refractivity contribution is -0.00685. The SMILES string of the molecule is CC(C)C1CC2C(C1)C1CC2C2C3CC(C4C5CCC(C5)C34)C12. The normalized spacial score (nSPS) is 69.8. The van der Waals surface area contributed by atoms with Crippen molar-refractivity contribution in [3.8, 4) is 0 Å². The molecule has 0 aromatic carbocycles. The maximum Gasteiger partial charge on any atom is -0.0318 e. The fraction of sp³-hybridized carbons (Fsp3) is 1.00. The summed E-state index contributed by atoms with van der Waals surface area (Å²) >= 11 is 0. The number of hydrogen-bond donors (Lipinski definition) is 0. The van der Waals surface area contributed by atoms with Crippen LogP contribution in [0.3, 0.4) is 0 Å². The monoisotopic (exact) mass is 310 g/mol. The van der Waals surface area contributed by atoms with Crippen LogP contribution >= 0.6 is 0 Å². The van der Waals surface area contributed by atoms with Crippen LogP contribution in [0.25, 0.3) is 0 Å². The van der Waals surface area contributed by atoms with Crippen LogP contribution < -0.4 is 0 Å². The minimum Gasteiger partial charge on any atom is -0.0625 e. The molecule has 23 heavy (non-hydrogen) atoms. The fourth-order valence-electron chi connectivity index (χ4n) is 11.1. The predicted octanol–water partition coefficient (Wildman–Crippen LogP) is 5.48. The summed E-state index contributed by atoms with van der Waals surface area (Å²) in [6, 6.07) is 0. The molecule has 12 unspecified atom stereocenters. The second-order valence-corrected chi connectivity index (χ2v) is 11.6. The number of hydrogen-bond acceptors (Lipinski definition) is 0. The Morgan fingerprint density at radius 2 is 1.04 bits per heavy atom. The molecule has 0 saturated heterocycles. The first-order chi connectivity index (χ1) is 11.2. The van der Waals surface area contributed by atoms with Crippen molar-refractivity contribution >= 4 is 0 Å². The molecule has 0 aromatic rings. The van der Waals surface area contributed by atoms with E-state index in [1.807, 2.05) is 0 Å². The Labute approximate surface area is 142 Å². The van der Waals surface area contributed by atoms with Crippen molar-refractivity contribution in [3.05, 3.63) is 0 Å². The maximum absolute atomic E-state index is 2.50. The van der Waals surface area contributed by atoms with Crippen molar-refractivity contribution in [2.75, 3.05) is 0 Å². The van der Waals surface area contributed by atoms with E-state index in [4.69, 9.17) is 0 Å². The Bertz CT molecular complexity index is 506. The molecule has 7 aliphatic carbocycles. The topological polar surface area (TPSA) is 0 Å². The van der Waals surface area contributed by atoms with Gasteiger partial charge in [-0.1, -0.05) is 13.8 Å². The van der Waals surface area contributed by atoms with Crippen molar-refractivity contribution in [3.63, 3.8) is 0 Å². The van der Waals surface area contributed by atoms with Crippen LogP contribution in [0.1, 0.15) is 58.8 Å². The first-order valence-electron chi connectivity index (χ1n) is 11.2. The number of fused-ring (bicyclic) bond motifs is 19. The van der Waals surface area contributed by atoms with Gasteiger partial charge in [0, 0.05) is 0 Å². The van der Waals surface area contributed by atoms with E-state index in [-0.39, 0.29) is 0 Å². The first-order valence-corrected chi connectivity index (χ1v) is 11.2. The molecular formula is C23H34. The van der Waals surface area contributed by atoms with E-state index in [1.165, 1.54) is 71.0 Å². The van der Waals surface area contributed by atoms with Crippen LogP contribution in [0, 0.1) is 82.9 Å². The molecule has 0 radical (unpaired) electrons. The Morgan fingerprint density at radius 1 is 0.522 bits per heavy atom. The number of rotatable bonds is 1. The molecule has 0 nitrogen and oxygen atoms in total. The van der Waals surface area contributed by atoms with Crippen LogP contribution in [0.2, 0.25) is 0 Å². The summed E-state index contributed by atoms with van der Waals surface area (Å²) in [5.41, 5.74) is 0. The minimum absolute atomic E-state index is 0.951. The highest BCUT2D eigenvalue weighted by atomic mass is 14.8. The maximum atomic E-state index is 2.50. The third-order valence-electron chi connectivity index (χ3n) is 11.3. The lowest BCUT2D eigenvalue weighted by Crippen LogP contribution is -2.44. The van der Waals surface area contributed by atoms with E-state index in [2.05, 4.69) is 13.8 Å². The van der Waals surface area contributed by atoms with Gasteiger partial charge in [0.25, 0.3) is 0 Å². The Hall–Kier alpha value is 0. The highest BCUT2D eigenvalue weighted by Crippen LogP contribution is 2.79. The molecule has 7 saturated carbocycles. The Balaban J connectivity index is 1.25. The quantitative estimate of drug-likeness (QED) is 0.563. The zero-order chi connectivity index (χ0) is 15.0. The van der Waals surface area contributed by atoms with Gasteiger partial charge in [-0.3, -0.25) is 0 Å². The van der Waals surface area contributed by atoms with E-state index in [0.717, 1.165) is 11.8 Å². The van der Waals surface area contributed by atoms with E-state index < -0.39 is 0 Å². The molecule has 0 heteroatoms. The third kappa shape index (κ3) is 1.34. The molecule has 6 bridgehead atoms. The first kappa shape index (κ1) is 13.2. The molecule has 0 N–H and O–H groups in total. The third-order valence-corrected chi connectivity index (χ3v) is 11.3. The lowest BCUT2D eigenvalue weighted by Gasteiger charge is -2.48. The van der Waals surface area contributed by atoms with Gasteiger partial charge in [0.2, 0.25) is 0 Å². The van der Waals surface area contributed by atoms with Crippen LogP contribution in [-0.2, 0) is 0 Å². The zero-order valence-electron chi connectivity index (χ0n) is 15.0. The van der Waals surface area contributed by atoms with Gasteiger partial charge in [0.15, 0.2) is 0 Å². The summed E-state index contributed by atoms with van der Waals surface area (Å²) in [5, 5.41) is 0. The van der Waals surface area contributed by atoms with Crippen molar-refractivity contribution < 1.29 is 0 Å². The van der Waals surface area contributed by atoms with Gasteiger partial charge in [-0.2, -0.15) is 0 Å². The van der Waals surface area contributed by atoms with E-state index >= 15 is 0 Å². The lowest BCUT2D eigenvalue weighted by atomic mass is 9.57.